The average molecular weight is 207 g/mol. The number of amides is 1. The smallest absolute Gasteiger partial charge is 0.234 e. The van der Waals surface area contributed by atoms with Crippen LogP contribution in [0.3, 0.4) is 0 Å². The third kappa shape index (κ3) is 4.48. The molecule has 0 radical (unpaired) electrons. The van der Waals surface area contributed by atoms with Gasteiger partial charge in [-0.15, -0.1) is 11.6 Å². The minimum absolute atomic E-state index is 0.0174. The lowest BCUT2D eigenvalue weighted by atomic mass is 10.0. The highest BCUT2D eigenvalue weighted by atomic mass is 35.5. The normalized spacial score (nSPS) is 11.8. The summed E-state index contributed by atoms with van der Waals surface area (Å²) in [4.78, 5) is 13.1. The van der Waals surface area contributed by atoms with E-state index in [2.05, 4.69) is 31.0 Å². The summed E-state index contributed by atoms with van der Waals surface area (Å²) < 4.78 is 0. The molecule has 13 heavy (non-hydrogen) atoms. The van der Waals surface area contributed by atoms with Gasteiger partial charge in [-0.2, -0.15) is 0 Å². The highest BCUT2D eigenvalue weighted by Crippen LogP contribution is 2.09. The maximum atomic E-state index is 10.9. The van der Waals surface area contributed by atoms with Crippen LogP contribution in [0, 0.1) is 0 Å². The Labute approximate surface area is 85.4 Å². The molecular weight excluding hydrogens is 188 g/mol. The SMILES string of the molecule is CCN(C)C(C)(C)CNC(=O)CCl. The van der Waals surface area contributed by atoms with E-state index in [-0.39, 0.29) is 17.3 Å². The third-order valence-corrected chi connectivity index (χ3v) is 2.59. The van der Waals surface area contributed by atoms with E-state index in [4.69, 9.17) is 11.6 Å². The second kappa shape index (κ2) is 5.45. The van der Waals surface area contributed by atoms with Crippen molar-refractivity contribution in [1.82, 2.24) is 10.2 Å². The van der Waals surface area contributed by atoms with E-state index in [0.717, 1.165) is 6.54 Å². The van der Waals surface area contributed by atoms with Crippen molar-refractivity contribution < 1.29 is 4.79 Å². The number of rotatable bonds is 5. The summed E-state index contributed by atoms with van der Waals surface area (Å²) in [6.45, 7) is 7.85. The first-order valence-corrected chi connectivity index (χ1v) is 5.01. The minimum Gasteiger partial charge on any atom is -0.353 e. The Kier molecular flexibility index (Phi) is 5.33. The Morgan fingerprint density at radius 3 is 2.46 bits per heavy atom. The van der Waals surface area contributed by atoms with Gasteiger partial charge < -0.3 is 5.32 Å². The second-order valence-corrected chi connectivity index (χ2v) is 4.00. The van der Waals surface area contributed by atoms with Crippen molar-refractivity contribution in [1.29, 1.82) is 0 Å². The molecular formula is C9H19ClN2O. The molecule has 1 N–H and O–H groups in total. The predicted molar refractivity (Wildman–Crippen MR) is 56.1 cm³/mol. The average Bonchev–Trinajstić information content (AvgIpc) is 2.12. The van der Waals surface area contributed by atoms with Gasteiger partial charge in [-0.3, -0.25) is 9.69 Å². The molecule has 0 fully saturated rings. The van der Waals surface area contributed by atoms with Crippen LogP contribution in [0.25, 0.3) is 0 Å². The quantitative estimate of drug-likeness (QED) is 0.683. The van der Waals surface area contributed by atoms with Gasteiger partial charge in [0.05, 0.1) is 0 Å². The first-order chi connectivity index (χ1) is 5.94. The van der Waals surface area contributed by atoms with Crippen molar-refractivity contribution in [3.05, 3.63) is 0 Å². The molecule has 0 aromatic rings. The van der Waals surface area contributed by atoms with Gasteiger partial charge in [-0.25, -0.2) is 0 Å². The molecule has 78 valence electrons. The first kappa shape index (κ1) is 12.7. The number of carbonyl (C=O) groups excluding carboxylic acids is 1. The summed E-state index contributed by atoms with van der Waals surface area (Å²) in [6.07, 6.45) is 0. The summed E-state index contributed by atoms with van der Waals surface area (Å²) in [6, 6.07) is 0. The minimum atomic E-state index is -0.112. The third-order valence-electron chi connectivity index (χ3n) is 2.35. The van der Waals surface area contributed by atoms with E-state index in [1.807, 2.05) is 7.05 Å². The maximum absolute atomic E-state index is 10.9. The summed E-state index contributed by atoms with van der Waals surface area (Å²) in [5.74, 6) is -0.0782. The lowest BCUT2D eigenvalue weighted by Crippen LogP contribution is -2.50. The van der Waals surface area contributed by atoms with Gasteiger partial charge in [0.25, 0.3) is 0 Å². The topological polar surface area (TPSA) is 32.3 Å². The van der Waals surface area contributed by atoms with Crippen molar-refractivity contribution in [3.8, 4) is 0 Å². The number of carbonyl (C=O) groups is 1. The van der Waals surface area contributed by atoms with Crippen LogP contribution in [-0.4, -0.2) is 42.4 Å². The number of hydrogen-bond acceptors (Lipinski definition) is 2. The molecule has 0 saturated carbocycles. The van der Waals surface area contributed by atoms with Crippen molar-refractivity contribution in [2.45, 2.75) is 26.3 Å². The van der Waals surface area contributed by atoms with Crippen LogP contribution in [0.2, 0.25) is 0 Å². The van der Waals surface area contributed by atoms with E-state index in [9.17, 15) is 4.79 Å². The fourth-order valence-corrected chi connectivity index (χ4v) is 1.02. The van der Waals surface area contributed by atoms with Crippen LogP contribution in [0.5, 0.6) is 0 Å². The molecule has 0 aliphatic carbocycles. The maximum Gasteiger partial charge on any atom is 0.234 e. The Hall–Kier alpha value is -0.280. The summed E-state index contributed by atoms with van der Waals surface area (Å²) in [7, 11) is 2.03. The van der Waals surface area contributed by atoms with E-state index in [0.29, 0.717) is 6.54 Å². The summed E-state index contributed by atoms with van der Waals surface area (Å²) in [5, 5.41) is 2.78. The largest absolute Gasteiger partial charge is 0.353 e. The first-order valence-electron chi connectivity index (χ1n) is 4.48. The van der Waals surface area contributed by atoms with Crippen LogP contribution in [0.1, 0.15) is 20.8 Å². The second-order valence-electron chi connectivity index (χ2n) is 3.74. The monoisotopic (exact) mass is 206 g/mol. The zero-order valence-electron chi connectivity index (χ0n) is 8.85. The van der Waals surface area contributed by atoms with Crippen molar-refractivity contribution >= 4 is 17.5 Å². The lowest BCUT2D eigenvalue weighted by Gasteiger charge is -2.34. The highest BCUT2D eigenvalue weighted by molar-refractivity contribution is 6.27. The molecule has 0 unspecified atom stereocenters. The number of halogens is 1. The van der Waals surface area contributed by atoms with E-state index in [1.165, 1.54) is 0 Å². The molecule has 0 aromatic carbocycles. The zero-order valence-corrected chi connectivity index (χ0v) is 9.61. The number of nitrogens with one attached hydrogen (secondary N) is 1. The molecule has 0 aliphatic rings. The van der Waals surface area contributed by atoms with E-state index >= 15 is 0 Å². The van der Waals surface area contributed by atoms with Crippen molar-refractivity contribution in [3.63, 3.8) is 0 Å². The highest BCUT2D eigenvalue weighted by Gasteiger charge is 2.22. The summed E-state index contributed by atoms with van der Waals surface area (Å²) >= 11 is 5.37. The molecule has 0 aromatic heterocycles. The number of nitrogens with zero attached hydrogens (tertiary/aromatic N) is 1. The fourth-order valence-electron chi connectivity index (χ4n) is 0.925. The number of likely N-dealkylation sites (N-methyl/N-ethyl adjacent to an activating group) is 1. The van der Waals surface area contributed by atoms with Gasteiger partial charge in [0.2, 0.25) is 5.91 Å². The molecule has 0 spiro atoms. The van der Waals surface area contributed by atoms with Gasteiger partial charge in [0, 0.05) is 12.1 Å². The molecule has 0 bridgehead atoms. The molecule has 4 heteroatoms. The zero-order chi connectivity index (χ0) is 10.5. The van der Waals surface area contributed by atoms with Gasteiger partial charge in [-0.05, 0) is 27.4 Å². The Morgan fingerprint density at radius 2 is 2.08 bits per heavy atom. The van der Waals surface area contributed by atoms with E-state index < -0.39 is 0 Å². The van der Waals surface area contributed by atoms with Gasteiger partial charge in [0.1, 0.15) is 5.88 Å². The molecule has 0 saturated heterocycles. The van der Waals surface area contributed by atoms with Gasteiger partial charge in [0.15, 0.2) is 0 Å². The molecule has 0 heterocycles. The number of alkyl halides is 1. The Balaban J connectivity index is 3.95. The predicted octanol–water partition coefficient (Wildman–Crippen LogP) is 1.07. The van der Waals surface area contributed by atoms with Gasteiger partial charge in [-0.1, -0.05) is 6.92 Å². The van der Waals surface area contributed by atoms with Crippen LogP contribution in [-0.2, 0) is 4.79 Å². The molecule has 0 aliphatic heterocycles. The van der Waals surface area contributed by atoms with Gasteiger partial charge >= 0.3 is 0 Å². The molecule has 0 rings (SSSR count). The number of hydrogen-bond donors (Lipinski definition) is 1. The summed E-state index contributed by atoms with van der Waals surface area (Å²) in [5.41, 5.74) is -0.0174. The fraction of sp³-hybridized carbons (Fsp3) is 0.889. The van der Waals surface area contributed by atoms with Crippen LogP contribution in [0.4, 0.5) is 0 Å². The standard InChI is InChI=1S/C9H19ClN2O/c1-5-12(4)9(2,3)7-11-8(13)6-10/h5-7H2,1-4H3,(H,11,13). The van der Waals surface area contributed by atoms with Crippen LogP contribution in [0.15, 0.2) is 0 Å². The van der Waals surface area contributed by atoms with E-state index in [1.54, 1.807) is 0 Å². The molecule has 1 amide bonds. The molecule has 3 nitrogen and oxygen atoms in total. The van der Waals surface area contributed by atoms with Crippen LogP contribution < -0.4 is 5.32 Å². The lowest BCUT2D eigenvalue weighted by molar-refractivity contribution is -0.119. The Bertz CT molecular complexity index is 171. The van der Waals surface area contributed by atoms with Crippen LogP contribution >= 0.6 is 11.6 Å². The Morgan fingerprint density at radius 1 is 1.54 bits per heavy atom. The van der Waals surface area contributed by atoms with Crippen molar-refractivity contribution in [2.75, 3.05) is 26.0 Å². The molecule has 0 atom stereocenters. The van der Waals surface area contributed by atoms with Crippen molar-refractivity contribution in [2.24, 2.45) is 0 Å².